The van der Waals surface area contributed by atoms with Gasteiger partial charge in [0.1, 0.15) is 5.75 Å². The first-order valence-electron chi connectivity index (χ1n) is 12.4. The highest BCUT2D eigenvalue weighted by molar-refractivity contribution is 5.97. The number of imidazole rings is 1. The normalized spacial score (nSPS) is 11.7. The predicted molar refractivity (Wildman–Crippen MR) is 140 cm³/mol. The maximum Gasteiger partial charge on any atom is 0.296 e. The molecule has 1 amide bonds. The van der Waals surface area contributed by atoms with Crippen molar-refractivity contribution >= 4 is 5.91 Å². The molecule has 0 bridgehead atoms. The van der Waals surface area contributed by atoms with Crippen LogP contribution in [0, 0.1) is 0 Å². The minimum Gasteiger partial charge on any atom is -0.494 e. The van der Waals surface area contributed by atoms with Crippen molar-refractivity contribution in [1.29, 1.82) is 0 Å². The van der Waals surface area contributed by atoms with E-state index in [-0.39, 0.29) is 11.9 Å². The summed E-state index contributed by atoms with van der Waals surface area (Å²) in [6, 6.07) is 28.1. The van der Waals surface area contributed by atoms with Gasteiger partial charge in [0.2, 0.25) is 5.69 Å². The van der Waals surface area contributed by atoms with E-state index in [9.17, 15) is 4.79 Å². The SMILES string of the molecule is CCCCC(NC(=O)c1c(-c2cccc(OCC)c2)[nH]c(-c2ccccc2)[n+]1C)c1ccccc1. The van der Waals surface area contributed by atoms with Crippen LogP contribution in [0.1, 0.15) is 55.2 Å². The smallest absolute Gasteiger partial charge is 0.296 e. The maximum atomic E-state index is 13.9. The second-order valence-electron chi connectivity index (χ2n) is 8.66. The molecule has 0 fully saturated rings. The van der Waals surface area contributed by atoms with Gasteiger partial charge in [0.15, 0.2) is 5.69 Å². The molecule has 5 heteroatoms. The first-order valence-corrected chi connectivity index (χ1v) is 12.4. The molecule has 1 atom stereocenters. The Morgan fingerprint density at radius 2 is 1.63 bits per heavy atom. The molecule has 5 nitrogen and oxygen atoms in total. The zero-order chi connectivity index (χ0) is 24.6. The molecule has 0 saturated heterocycles. The first-order chi connectivity index (χ1) is 17.1. The highest BCUT2D eigenvalue weighted by atomic mass is 16.5. The van der Waals surface area contributed by atoms with Crippen molar-refractivity contribution in [3.05, 3.63) is 96.2 Å². The molecular formula is C30H34N3O2+. The summed E-state index contributed by atoms with van der Waals surface area (Å²) in [5.41, 5.74) is 4.41. The quantitative estimate of drug-likeness (QED) is 0.271. The molecule has 0 aliphatic heterocycles. The van der Waals surface area contributed by atoms with Gasteiger partial charge in [-0.1, -0.05) is 80.4 Å². The van der Waals surface area contributed by atoms with Gasteiger partial charge in [-0.3, -0.25) is 4.79 Å². The molecule has 0 aliphatic rings. The highest BCUT2D eigenvalue weighted by Gasteiger charge is 2.31. The third kappa shape index (κ3) is 5.62. The number of unbranched alkanes of at least 4 members (excludes halogenated alkanes) is 1. The van der Waals surface area contributed by atoms with Gasteiger partial charge in [-0.05, 0) is 43.2 Å². The zero-order valence-corrected chi connectivity index (χ0v) is 20.8. The highest BCUT2D eigenvalue weighted by Crippen LogP contribution is 2.28. The molecule has 0 aliphatic carbocycles. The summed E-state index contributed by atoms with van der Waals surface area (Å²) >= 11 is 0. The minimum atomic E-state index is -0.104. The number of nitrogens with zero attached hydrogens (tertiary/aromatic N) is 1. The van der Waals surface area contributed by atoms with Crippen molar-refractivity contribution < 1.29 is 14.1 Å². The molecule has 3 aromatic carbocycles. The fourth-order valence-electron chi connectivity index (χ4n) is 4.43. The van der Waals surface area contributed by atoms with Crippen LogP contribution >= 0.6 is 0 Å². The third-order valence-electron chi connectivity index (χ3n) is 6.20. The van der Waals surface area contributed by atoms with Crippen LogP contribution in [0.25, 0.3) is 22.6 Å². The molecule has 0 radical (unpaired) electrons. The van der Waals surface area contributed by atoms with E-state index in [1.807, 2.05) is 91.3 Å². The van der Waals surface area contributed by atoms with Gasteiger partial charge in [0, 0.05) is 5.56 Å². The van der Waals surface area contributed by atoms with E-state index in [1.54, 1.807) is 0 Å². The lowest BCUT2D eigenvalue weighted by atomic mass is 10.0. The van der Waals surface area contributed by atoms with Crippen molar-refractivity contribution in [1.82, 2.24) is 10.3 Å². The number of ether oxygens (including phenoxy) is 1. The van der Waals surface area contributed by atoms with Gasteiger partial charge in [-0.25, -0.2) is 9.55 Å². The minimum absolute atomic E-state index is 0.0543. The standard InChI is InChI=1S/C30H33N3O2/c1-4-6-20-26(22-14-9-7-10-15-22)31-30(34)28-27(24-18-13-19-25(21-24)35-5-2)32-29(33(28)3)23-16-11-8-12-17-23/h7-19,21,26H,4-6,20H2,1-3H3,(H,31,34)/p+1. The van der Waals surface area contributed by atoms with Crippen LogP contribution in [-0.2, 0) is 7.05 Å². The Hall–Kier alpha value is -3.86. The zero-order valence-electron chi connectivity index (χ0n) is 20.8. The number of hydrogen-bond donors (Lipinski definition) is 2. The number of carbonyl (C=O) groups excluding carboxylic acids is 1. The van der Waals surface area contributed by atoms with Gasteiger partial charge in [-0.15, -0.1) is 0 Å². The molecular weight excluding hydrogens is 434 g/mol. The summed E-state index contributed by atoms with van der Waals surface area (Å²) < 4.78 is 7.69. The molecule has 4 aromatic rings. The topological polar surface area (TPSA) is 58.0 Å². The van der Waals surface area contributed by atoms with Gasteiger partial charge >= 0.3 is 0 Å². The van der Waals surface area contributed by atoms with E-state index in [1.165, 1.54) is 0 Å². The number of nitrogens with one attached hydrogen (secondary N) is 2. The Kier molecular flexibility index (Phi) is 7.99. The van der Waals surface area contributed by atoms with Crippen LogP contribution in [0.5, 0.6) is 5.75 Å². The predicted octanol–water partition coefficient (Wildman–Crippen LogP) is 6.23. The fraction of sp³-hybridized carbons (Fsp3) is 0.267. The average molecular weight is 469 g/mol. The van der Waals surface area contributed by atoms with Crippen molar-refractivity contribution in [3.63, 3.8) is 0 Å². The van der Waals surface area contributed by atoms with E-state index in [2.05, 4.69) is 29.4 Å². The Balaban J connectivity index is 1.78. The van der Waals surface area contributed by atoms with Gasteiger partial charge < -0.3 is 10.1 Å². The Morgan fingerprint density at radius 3 is 2.31 bits per heavy atom. The molecule has 1 unspecified atom stereocenters. The molecule has 1 heterocycles. The molecule has 1 aromatic heterocycles. The molecule has 4 rings (SSSR count). The summed E-state index contributed by atoms with van der Waals surface area (Å²) in [7, 11) is 1.94. The van der Waals surface area contributed by atoms with Crippen LogP contribution in [0.3, 0.4) is 0 Å². The number of benzene rings is 3. The largest absolute Gasteiger partial charge is 0.494 e. The molecule has 2 N–H and O–H groups in total. The number of rotatable bonds is 10. The van der Waals surface area contributed by atoms with Crippen LogP contribution < -0.4 is 14.6 Å². The number of hydrogen-bond acceptors (Lipinski definition) is 2. The molecule has 180 valence electrons. The lowest BCUT2D eigenvalue weighted by Gasteiger charge is -2.18. The van der Waals surface area contributed by atoms with Gasteiger partial charge in [0.25, 0.3) is 11.7 Å². The number of aromatic nitrogens is 2. The van der Waals surface area contributed by atoms with Crippen LogP contribution in [0.4, 0.5) is 0 Å². The monoisotopic (exact) mass is 468 g/mol. The van der Waals surface area contributed by atoms with Crippen molar-refractivity contribution in [2.45, 2.75) is 39.2 Å². The lowest BCUT2D eigenvalue weighted by Crippen LogP contribution is -2.41. The Labute approximate surface area is 207 Å². The molecule has 0 spiro atoms. The van der Waals surface area contributed by atoms with Crippen LogP contribution in [0.2, 0.25) is 0 Å². The summed E-state index contributed by atoms with van der Waals surface area (Å²) in [6.45, 7) is 4.72. The van der Waals surface area contributed by atoms with E-state index < -0.39 is 0 Å². The third-order valence-corrected chi connectivity index (χ3v) is 6.20. The van der Waals surface area contributed by atoms with Crippen LogP contribution in [-0.4, -0.2) is 17.5 Å². The summed E-state index contributed by atoms with van der Waals surface area (Å²) in [4.78, 5) is 17.4. The van der Waals surface area contributed by atoms with Crippen molar-refractivity contribution in [3.8, 4) is 28.4 Å². The van der Waals surface area contributed by atoms with E-state index in [0.717, 1.165) is 53.2 Å². The summed E-state index contributed by atoms with van der Waals surface area (Å²) in [5, 5.41) is 3.33. The van der Waals surface area contributed by atoms with Crippen LogP contribution in [0.15, 0.2) is 84.9 Å². The molecule has 0 saturated carbocycles. The lowest BCUT2D eigenvalue weighted by molar-refractivity contribution is -0.660. The van der Waals surface area contributed by atoms with Gasteiger partial charge in [0.05, 0.1) is 25.3 Å². The Morgan fingerprint density at radius 1 is 0.943 bits per heavy atom. The van der Waals surface area contributed by atoms with Crippen molar-refractivity contribution in [2.24, 2.45) is 7.05 Å². The maximum absolute atomic E-state index is 13.9. The van der Waals surface area contributed by atoms with Gasteiger partial charge in [-0.2, -0.15) is 0 Å². The Bertz CT molecular complexity index is 1250. The summed E-state index contributed by atoms with van der Waals surface area (Å²) in [5.74, 6) is 1.55. The van der Waals surface area contributed by atoms with E-state index >= 15 is 0 Å². The summed E-state index contributed by atoms with van der Waals surface area (Å²) in [6.07, 6.45) is 3.00. The second kappa shape index (κ2) is 11.5. The number of carbonyl (C=O) groups is 1. The fourth-order valence-corrected chi connectivity index (χ4v) is 4.43. The first kappa shape index (κ1) is 24.3. The van der Waals surface area contributed by atoms with E-state index in [0.29, 0.717) is 12.3 Å². The number of H-pyrrole nitrogens is 1. The molecule has 35 heavy (non-hydrogen) atoms. The van der Waals surface area contributed by atoms with E-state index in [4.69, 9.17) is 4.74 Å². The van der Waals surface area contributed by atoms with Crippen molar-refractivity contribution in [2.75, 3.05) is 6.61 Å². The number of amides is 1. The number of aromatic amines is 1. The average Bonchev–Trinajstić information content (AvgIpc) is 3.25. The second-order valence-corrected chi connectivity index (χ2v) is 8.66.